The number of hydrogen-bond acceptors (Lipinski definition) is 2. The third-order valence-electron chi connectivity index (χ3n) is 3.37. The summed E-state index contributed by atoms with van der Waals surface area (Å²) in [7, 11) is -1.72. The number of anilines is 1. The molecule has 0 aliphatic heterocycles. The SMILES string of the molecule is Cc1ccccc1NO[Si](C)(C)C(C)(C)C. The van der Waals surface area contributed by atoms with Gasteiger partial charge in [0, 0.05) is 0 Å². The van der Waals surface area contributed by atoms with Crippen molar-refractivity contribution in [3.8, 4) is 0 Å². The summed E-state index contributed by atoms with van der Waals surface area (Å²) in [5.41, 5.74) is 5.39. The number of aryl methyl sites for hydroxylation is 1. The fraction of sp³-hybridized carbons (Fsp3) is 0.538. The largest absolute Gasteiger partial charge is 0.322 e. The van der Waals surface area contributed by atoms with Gasteiger partial charge in [-0.2, -0.15) is 0 Å². The highest BCUT2D eigenvalue weighted by Crippen LogP contribution is 2.36. The summed E-state index contributed by atoms with van der Waals surface area (Å²) in [5.74, 6) is 0. The van der Waals surface area contributed by atoms with Crippen LogP contribution in [0.25, 0.3) is 0 Å². The summed E-state index contributed by atoms with van der Waals surface area (Å²) in [6, 6.07) is 8.18. The first kappa shape index (κ1) is 13.3. The molecular formula is C13H23NOSi. The lowest BCUT2D eigenvalue weighted by Crippen LogP contribution is -2.42. The molecule has 1 aromatic rings. The minimum Gasteiger partial charge on any atom is -0.322 e. The van der Waals surface area contributed by atoms with Gasteiger partial charge in [-0.05, 0) is 36.7 Å². The van der Waals surface area contributed by atoms with Crippen molar-refractivity contribution in [3.05, 3.63) is 29.8 Å². The summed E-state index contributed by atoms with van der Waals surface area (Å²) >= 11 is 0. The van der Waals surface area contributed by atoms with E-state index >= 15 is 0 Å². The molecule has 0 saturated heterocycles. The maximum absolute atomic E-state index is 5.95. The maximum Gasteiger partial charge on any atom is 0.228 e. The first-order valence-electron chi connectivity index (χ1n) is 5.74. The Kier molecular flexibility index (Phi) is 3.81. The first-order valence-corrected chi connectivity index (χ1v) is 8.64. The molecule has 0 amide bonds. The van der Waals surface area contributed by atoms with E-state index in [-0.39, 0.29) is 5.04 Å². The molecule has 0 bridgehead atoms. The first-order chi connectivity index (χ1) is 7.24. The van der Waals surface area contributed by atoms with Crippen molar-refractivity contribution in [3.63, 3.8) is 0 Å². The third kappa shape index (κ3) is 3.09. The fourth-order valence-corrected chi connectivity index (χ4v) is 1.69. The molecule has 16 heavy (non-hydrogen) atoms. The van der Waals surface area contributed by atoms with Crippen LogP contribution in [0.2, 0.25) is 18.1 Å². The highest BCUT2D eigenvalue weighted by molar-refractivity contribution is 6.74. The van der Waals surface area contributed by atoms with Crippen molar-refractivity contribution >= 4 is 14.0 Å². The molecule has 3 heteroatoms. The van der Waals surface area contributed by atoms with Gasteiger partial charge in [-0.1, -0.05) is 39.0 Å². The number of hydrogen-bond donors (Lipinski definition) is 1. The van der Waals surface area contributed by atoms with Crippen LogP contribution >= 0.6 is 0 Å². The highest BCUT2D eigenvalue weighted by atomic mass is 28.4. The molecule has 90 valence electrons. The van der Waals surface area contributed by atoms with Gasteiger partial charge in [0.2, 0.25) is 8.32 Å². The Morgan fingerprint density at radius 3 is 2.19 bits per heavy atom. The second-order valence-electron chi connectivity index (χ2n) is 5.78. The summed E-state index contributed by atoms with van der Waals surface area (Å²) in [6.45, 7) is 13.3. The van der Waals surface area contributed by atoms with Gasteiger partial charge in [0.1, 0.15) is 0 Å². The van der Waals surface area contributed by atoms with Gasteiger partial charge >= 0.3 is 0 Å². The molecule has 1 aromatic carbocycles. The zero-order chi connectivity index (χ0) is 12.4. The van der Waals surface area contributed by atoms with Crippen LogP contribution in [0.5, 0.6) is 0 Å². The molecule has 0 fully saturated rings. The van der Waals surface area contributed by atoms with Crippen molar-refractivity contribution in [2.24, 2.45) is 0 Å². The van der Waals surface area contributed by atoms with Crippen LogP contribution in [0.4, 0.5) is 5.69 Å². The lowest BCUT2D eigenvalue weighted by molar-refractivity contribution is 0.365. The van der Waals surface area contributed by atoms with Crippen molar-refractivity contribution in [2.75, 3.05) is 5.48 Å². The number of nitrogens with one attached hydrogen (secondary N) is 1. The molecule has 0 atom stereocenters. The monoisotopic (exact) mass is 237 g/mol. The van der Waals surface area contributed by atoms with Gasteiger partial charge in [0.15, 0.2) is 0 Å². The standard InChI is InChI=1S/C13H23NOSi/c1-11-9-7-8-10-12(11)14-15-16(5,6)13(2,3)4/h7-10,14H,1-6H3. The van der Waals surface area contributed by atoms with E-state index in [4.69, 9.17) is 4.53 Å². The average Bonchev–Trinajstić information content (AvgIpc) is 2.15. The number of benzene rings is 1. The molecule has 0 heterocycles. The van der Waals surface area contributed by atoms with E-state index in [0.29, 0.717) is 0 Å². The van der Waals surface area contributed by atoms with Crippen LogP contribution in [0.1, 0.15) is 26.3 Å². The Morgan fingerprint density at radius 2 is 1.69 bits per heavy atom. The Hall–Kier alpha value is -0.803. The van der Waals surface area contributed by atoms with Gasteiger partial charge < -0.3 is 4.53 Å². The van der Waals surface area contributed by atoms with E-state index in [0.717, 1.165) is 5.69 Å². The van der Waals surface area contributed by atoms with Crippen molar-refractivity contribution < 1.29 is 4.53 Å². The van der Waals surface area contributed by atoms with E-state index in [1.165, 1.54) is 5.56 Å². The minimum absolute atomic E-state index is 0.225. The predicted molar refractivity (Wildman–Crippen MR) is 73.1 cm³/mol. The van der Waals surface area contributed by atoms with E-state index in [1.54, 1.807) is 0 Å². The van der Waals surface area contributed by atoms with Gasteiger partial charge in [-0.15, -0.1) is 0 Å². The topological polar surface area (TPSA) is 21.3 Å². The van der Waals surface area contributed by atoms with Crippen molar-refractivity contribution in [1.82, 2.24) is 0 Å². The Labute approximate surface area is 100 Å². The lowest BCUT2D eigenvalue weighted by Gasteiger charge is -2.35. The molecule has 0 aromatic heterocycles. The van der Waals surface area contributed by atoms with E-state index in [9.17, 15) is 0 Å². The normalized spacial score (nSPS) is 12.6. The molecule has 0 aliphatic carbocycles. The van der Waals surface area contributed by atoms with Crippen LogP contribution in [-0.4, -0.2) is 8.32 Å². The second kappa shape index (κ2) is 4.59. The molecule has 0 aliphatic rings. The molecule has 0 unspecified atom stereocenters. The molecule has 1 N–H and O–H groups in total. The minimum atomic E-state index is -1.72. The van der Waals surface area contributed by atoms with Crippen LogP contribution in [0, 0.1) is 6.92 Å². The van der Waals surface area contributed by atoms with E-state index < -0.39 is 8.32 Å². The lowest BCUT2D eigenvalue weighted by atomic mass is 10.2. The number of para-hydroxylation sites is 1. The van der Waals surface area contributed by atoms with Crippen molar-refractivity contribution in [2.45, 2.75) is 45.8 Å². The zero-order valence-corrected chi connectivity index (χ0v) is 12.2. The van der Waals surface area contributed by atoms with Crippen LogP contribution < -0.4 is 5.48 Å². The second-order valence-corrected chi connectivity index (χ2v) is 10.5. The van der Waals surface area contributed by atoms with Gasteiger partial charge in [-0.25, -0.2) is 0 Å². The summed E-state index contributed by atoms with van der Waals surface area (Å²) in [4.78, 5) is 0. The van der Waals surface area contributed by atoms with Crippen LogP contribution in [0.3, 0.4) is 0 Å². The summed E-state index contributed by atoms with van der Waals surface area (Å²) < 4.78 is 5.95. The predicted octanol–water partition coefficient (Wildman–Crippen LogP) is 4.34. The van der Waals surface area contributed by atoms with Gasteiger partial charge in [-0.3, -0.25) is 5.48 Å². The molecule has 2 nitrogen and oxygen atoms in total. The molecule has 0 radical (unpaired) electrons. The summed E-state index contributed by atoms with van der Waals surface area (Å²) in [6.07, 6.45) is 0. The average molecular weight is 237 g/mol. The fourth-order valence-electron chi connectivity index (χ4n) is 1.02. The van der Waals surface area contributed by atoms with Gasteiger partial charge in [0.05, 0.1) is 5.69 Å². The molecule has 0 saturated carbocycles. The third-order valence-corrected chi connectivity index (χ3v) is 7.59. The summed E-state index contributed by atoms with van der Waals surface area (Å²) in [5, 5.41) is 0.225. The van der Waals surface area contributed by atoms with Crippen LogP contribution in [-0.2, 0) is 4.53 Å². The number of rotatable bonds is 3. The van der Waals surface area contributed by atoms with Crippen molar-refractivity contribution in [1.29, 1.82) is 0 Å². The smallest absolute Gasteiger partial charge is 0.228 e. The molecule has 0 spiro atoms. The zero-order valence-electron chi connectivity index (χ0n) is 11.2. The van der Waals surface area contributed by atoms with Gasteiger partial charge in [0.25, 0.3) is 0 Å². The highest BCUT2D eigenvalue weighted by Gasteiger charge is 2.38. The Morgan fingerprint density at radius 1 is 1.12 bits per heavy atom. The molecule has 1 rings (SSSR count). The Bertz CT molecular complexity index is 355. The maximum atomic E-state index is 5.95. The quantitative estimate of drug-likeness (QED) is 0.623. The van der Waals surface area contributed by atoms with E-state index in [1.807, 2.05) is 18.2 Å². The molecular weight excluding hydrogens is 214 g/mol. The van der Waals surface area contributed by atoms with E-state index in [2.05, 4.69) is 52.3 Å². The van der Waals surface area contributed by atoms with Crippen LogP contribution in [0.15, 0.2) is 24.3 Å². The Balaban J connectivity index is 2.69.